The van der Waals surface area contributed by atoms with E-state index in [4.69, 9.17) is 15.0 Å². The van der Waals surface area contributed by atoms with Crippen LogP contribution < -0.4 is 10.5 Å². The van der Waals surface area contributed by atoms with Crippen LogP contribution in [0, 0.1) is 0 Å². The van der Waals surface area contributed by atoms with Crippen molar-refractivity contribution in [3.05, 3.63) is 29.8 Å². The zero-order valence-electron chi connectivity index (χ0n) is 10.8. The molecule has 0 fully saturated rings. The summed E-state index contributed by atoms with van der Waals surface area (Å²) in [6.45, 7) is 3.17. The lowest BCUT2D eigenvalue weighted by Gasteiger charge is -2.14. The van der Waals surface area contributed by atoms with E-state index in [1.165, 1.54) is 0 Å². The molecule has 0 heterocycles. The molecule has 102 valence electrons. The molecule has 18 heavy (non-hydrogen) atoms. The molecule has 1 aromatic rings. The molecule has 0 aliphatic heterocycles. The molecule has 1 rings (SSSR count). The van der Waals surface area contributed by atoms with Gasteiger partial charge in [0.15, 0.2) is 0 Å². The zero-order valence-corrected chi connectivity index (χ0v) is 11.8. The van der Waals surface area contributed by atoms with E-state index in [1.54, 1.807) is 0 Å². The average Bonchev–Trinajstić information content (AvgIpc) is 2.41. The average molecular weight is 271 g/mol. The maximum atomic E-state index is 9.64. The highest BCUT2D eigenvalue weighted by Gasteiger charge is 2.07. The van der Waals surface area contributed by atoms with E-state index >= 15 is 0 Å². The van der Waals surface area contributed by atoms with Gasteiger partial charge in [-0.15, -0.1) is 0 Å². The summed E-state index contributed by atoms with van der Waals surface area (Å²) in [5.41, 5.74) is 6.64. The molecule has 1 aromatic carbocycles. The van der Waals surface area contributed by atoms with Crippen molar-refractivity contribution >= 4 is 8.81 Å². The van der Waals surface area contributed by atoms with Crippen molar-refractivity contribution in [1.29, 1.82) is 0 Å². The Morgan fingerprint density at radius 3 is 2.83 bits per heavy atom. The van der Waals surface area contributed by atoms with Gasteiger partial charge < -0.3 is 20.1 Å². The Labute approximate surface area is 110 Å². The molecular weight excluding hydrogens is 249 g/mol. The molecule has 0 saturated heterocycles. The quantitative estimate of drug-likeness (QED) is 0.669. The minimum absolute atomic E-state index is 0.254. The number of aliphatic hydroxyl groups is 1. The van der Waals surface area contributed by atoms with Crippen LogP contribution in [0.3, 0.4) is 0 Å². The Kier molecular flexibility index (Phi) is 7.94. The number of nitrogens with two attached hydrogens (primary N) is 1. The fraction of sp³-hybridized carbons (Fsp3) is 0.538. The lowest BCUT2D eigenvalue weighted by Crippen LogP contribution is -2.22. The van der Waals surface area contributed by atoms with E-state index in [9.17, 15) is 5.11 Å². The second-order valence-corrected chi connectivity index (χ2v) is 4.68. The third kappa shape index (κ3) is 5.78. The van der Waals surface area contributed by atoms with Gasteiger partial charge in [0, 0.05) is 8.81 Å². The summed E-state index contributed by atoms with van der Waals surface area (Å²) in [7, 11) is 0.390. The Morgan fingerprint density at radius 1 is 1.33 bits per heavy atom. The molecule has 4 nitrogen and oxygen atoms in total. The third-order valence-electron chi connectivity index (χ3n) is 2.47. The molecule has 0 aliphatic carbocycles. The molecule has 2 unspecified atom stereocenters. The third-order valence-corrected chi connectivity index (χ3v) is 2.93. The van der Waals surface area contributed by atoms with E-state index in [0.29, 0.717) is 22.0 Å². The van der Waals surface area contributed by atoms with Gasteiger partial charge in [-0.3, -0.25) is 0 Å². The van der Waals surface area contributed by atoms with Gasteiger partial charge in [0.25, 0.3) is 0 Å². The first-order valence-electron chi connectivity index (χ1n) is 6.15. The number of benzene rings is 1. The van der Waals surface area contributed by atoms with Gasteiger partial charge in [0.2, 0.25) is 0 Å². The lowest BCUT2D eigenvalue weighted by molar-refractivity contribution is 0.0680. The first-order chi connectivity index (χ1) is 8.77. The predicted molar refractivity (Wildman–Crippen MR) is 75.5 cm³/mol. The first-order valence-corrected chi connectivity index (χ1v) is 7.56. The van der Waals surface area contributed by atoms with Gasteiger partial charge in [-0.25, -0.2) is 0 Å². The maximum Gasteiger partial charge on any atom is 0.122 e. The number of para-hydroxylation sites is 1. The van der Waals surface area contributed by atoms with Crippen LogP contribution in [0.15, 0.2) is 24.3 Å². The van der Waals surface area contributed by atoms with Crippen LogP contribution in [0.2, 0.25) is 0 Å². The van der Waals surface area contributed by atoms with E-state index in [1.807, 2.05) is 30.9 Å². The lowest BCUT2D eigenvalue weighted by atomic mass is 10.1. The summed E-state index contributed by atoms with van der Waals surface area (Å²) >= 11 is 0. The predicted octanol–water partition coefficient (Wildman–Crippen LogP) is 1.56. The molecule has 0 aliphatic rings. The molecule has 0 saturated carbocycles. The number of rotatable bonds is 9. The monoisotopic (exact) mass is 271 g/mol. The molecular formula is C13H22NO3P. The van der Waals surface area contributed by atoms with E-state index < -0.39 is 6.10 Å². The molecule has 0 amide bonds. The molecule has 2 atom stereocenters. The highest BCUT2D eigenvalue weighted by Crippen LogP contribution is 2.19. The van der Waals surface area contributed by atoms with E-state index in [-0.39, 0.29) is 6.61 Å². The van der Waals surface area contributed by atoms with Crippen LogP contribution in [-0.2, 0) is 10.9 Å². The number of hydrogen-bond acceptors (Lipinski definition) is 4. The summed E-state index contributed by atoms with van der Waals surface area (Å²) < 4.78 is 10.8. The summed E-state index contributed by atoms with van der Waals surface area (Å²) in [5, 5.41) is 9.64. The fourth-order valence-corrected chi connectivity index (χ4v) is 1.92. The van der Waals surface area contributed by atoms with Crippen LogP contribution in [-0.4, -0.2) is 37.6 Å². The molecule has 0 spiro atoms. The fourth-order valence-electron chi connectivity index (χ4n) is 1.56. The van der Waals surface area contributed by atoms with Crippen LogP contribution in [0.5, 0.6) is 5.75 Å². The number of aliphatic hydroxyl groups excluding tert-OH is 1. The van der Waals surface area contributed by atoms with E-state index in [0.717, 1.165) is 24.2 Å². The van der Waals surface area contributed by atoms with Crippen molar-refractivity contribution in [1.82, 2.24) is 0 Å². The van der Waals surface area contributed by atoms with Crippen molar-refractivity contribution in [2.24, 2.45) is 5.73 Å². The second kappa shape index (κ2) is 9.29. The van der Waals surface area contributed by atoms with Gasteiger partial charge in [0.05, 0.1) is 6.61 Å². The second-order valence-electron chi connectivity index (χ2n) is 3.98. The maximum absolute atomic E-state index is 9.64. The smallest absolute Gasteiger partial charge is 0.122 e. The van der Waals surface area contributed by atoms with Gasteiger partial charge >= 0.3 is 0 Å². The number of aryl methyl sites for hydroxylation is 1. The minimum Gasteiger partial charge on any atom is -0.491 e. The SMILES string of the molecule is CPOCC(O)COc1ccccc1CCCN. The summed E-state index contributed by atoms with van der Waals surface area (Å²) in [6.07, 6.45) is 1.25. The Bertz CT molecular complexity index is 336. The highest BCUT2D eigenvalue weighted by atomic mass is 31.1. The van der Waals surface area contributed by atoms with Crippen molar-refractivity contribution in [2.45, 2.75) is 18.9 Å². The van der Waals surface area contributed by atoms with Crippen molar-refractivity contribution in [2.75, 3.05) is 26.4 Å². The van der Waals surface area contributed by atoms with Crippen LogP contribution >= 0.6 is 8.81 Å². The molecule has 0 aromatic heterocycles. The number of hydrogen-bond donors (Lipinski definition) is 2. The minimum atomic E-state index is -0.583. The van der Waals surface area contributed by atoms with Crippen molar-refractivity contribution in [3.8, 4) is 5.75 Å². The van der Waals surface area contributed by atoms with Crippen molar-refractivity contribution in [3.63, 3.8) is 0 Å². The van der Waals surface area contributed by atoms with E-state index in [2.05, 4.69) is 0 Å². The van der Waals surface area contributed by atoms with Gasteiger partial charge in [-0.2, -0.15) is 0 Å². The van der Waals surface area contributed by atoms with Crippen molar-refractivity contribution < 1.29 is 14.4 Å². The molecule has 0 bridgehead atoms. The zero-order chi connectivity index (χ0) is 13.2. The largest absolute Gasteiger partial charge is 0.491 e. The summed E-state index contributed by atoms with van der Waals surface area (Å²) in [4.78, 5) is 0. The summed E-state index contributed by atoms with van der Waals surface area (Å²) in [6, 6.07) is 7.86. The number of ether oxygens (including phenoxy) is 1. The van der Waals surface area contributed by atoms with Gasteiger partial charge in [-0.05, 0) is 37.7 Å². The Hall–Kier alpha value is -0.670. The summed E-state index contributed by atoms with van der Waals surface area (Å²) in [5.74, 6) is 0.823. The van der Waals surface area contributed by atoms with Crippen LogP contribution in [0.1, 0.15) is 12.0 Å². The Balaban J connectivity index is 2.45. The molecule has 0 radical (unpaired) electrons. The first kappa shape index (κ1) is 15.4. The molecule has 3 N–H and O–H groups in total. The van der Waals surface area contributed by atoms with Gasteiger partial charge in [-0.1, -0.05) is 18.2 Å². The topological polar surface area (TPSA) is 64.7 Å². The van der Waals surface area contributed by atoms with Gasteiger partial charge in [0.1, 0.15) is 18.5 Å². The Morgan fingerprint density at radius 2 is 2.11 bits per heavy atom. The molecule has 5 heteroatoms. The van der Waals surface area contributed by atoms with Crippen LogP contribution in [0.25, 0.3) is 0 Å². The standard InChI is InChI=1S/C13H22NO3P/c1-18-17-10-12(15)9-16-13-7-3-2-5-11(13)6-4-8-14/h2-3,5,7,12,15,18H,4,6,8-10,14H2,1H3. The highest BCUT2D eigenvalue weighted by molar-refractivity contribution is 7.31. The normalized spacial score (nSPS) is 13.1. The van der Waals surface area contributed by atoms with Crippen LogP contribution in [0.4, 0.5) is 0 Å².